The molecule has 242 valence electrons. The van der Waals surface area contributed by atoms with Crippen molar-refractivity contribution in [3.63, 3.8) is 0 Å². The third-order valence-electron chi connectivity index (χ3n) is 7.62. The van der Waals surface area contributed by atoms with Gasteiger partial charge in [0.05, 0.1) is 26.2 Å². The summed E-state index contributed by atoms with van der Waals surface area (Å²) in [4.78, 5) is 25.3. The Balaban J connectivity index is 1.20. The van der Waals surface area contributed by atoms with E-state index in [2.05, 4.69) is 16.0 Å². The lowest BCUT2D eigenvalue weighted by atomic mass is 10.0. The van der Waals surface area contributed by atoms with Crippen LogP contribution in [0.25, 0.3) is 0 Å². The van der Waals surface area contributed by atoms with Gasteiger partial charge in [0.2, 0.25) is 5.91 Å². The highest BCUT2D eigenvalue weighted by Crippen LogP contribution is 2.26. The third-order valence-corrected chi connectivity index (χ3v) is 7.62. The molecular weight excluding hydrogens is 586 g/mol. The maximum absolute atomic E-state index is 12.7. The molecule has 2 atom stereocenters. The van der Waals surface area contributed by atoms with Crippen LogP contribution in [0, 0.1) is 0 Å². The molecule has 0 aliphatic heterocycles. The van der Waals surface area contributed by atoms with Gasteiger partial charge in [0.15, 0.2) is 11.5 Å². The quantitative estimate of drug-likeness (QED) is 0.105. The lowest BCUT2D eigenvalue weighted by Crippen LogP contribution is -2.32. The molecule has 2 amide bonds. The molecule has 0 aliphatic carbocycles. The van der Waals surface area contributed by atoms with Gasteiger partial charge in [0.25, 0.3) is 5.91 Å². The van der Waals surface area contributed by atoms with E-state index >= 15 is 0 Å². The lowest BCUT2D eigenvalue weighted by molar-refractivity contribution is -0.120. The van der Waals surface area contributed by atoms with Crippen LogP contribution in [0.3, 0.4) is 0 Å². The lowest BCUT2D eigenvalue weighted by Gasteiger charge is -2.18. The zero-order chi connectivity index (χ0) is 33.1. The number of phenolic OH excluding ortho intramolecular Hbond substituents is 1. The van der Waals surface area contributed by atoms with Crippen molar-refractivity contribution < 1.29 is 34.8 Å². The first-order valence-electron chi connectivity index (χ1n) is 15.1. The number of hydrogen-bond acceptors (Lipinski definition) is 8. The SMILES string of the molecule is COc1cc(CNC(=O)c2ccc(CNC(=O)Cc3cccc(C[C@@H](C)NC[C@@H](O)c4ccc(O)c(CO)c4)c3)cc2)ccc1O. The van der Waals surface area contributed by atoms with E-state index in [-0.39, 0.29) is 48.9 Å². The molecular formula is C36H41N3O7. The highest BCUT2D eigenvalue weighted by molar-refractivity contribution is 5.94. The molecule has 0 saturated heterocycles. The minimum Gasteiger partial charge on any atom is -0.508 e. The predicted octanol–water partition coefficient (Wildman–Crippen LogP) is 3.64. The number of ether oxygens (including phenoxy) is 1. The average Bonchev–Trinajstić information content (AvgIpc) is 3.06. The summed E-state index contributed by atoms with van der Waals surface area (Å²) >= 11 is 0. The van der Waals surface area contributed by atoms with Crippen LogP contribution in [0.5, 0.6) is 17.2 Å². The largest absolute Gasteiger partial charge is 0.508 e. The van der Waals surface area contributed by atoms with Gasteiger partial charge in [-0.1, -0.05) is 48.5 Å². The summed E-state index contributed by atoms with van der Waals surface area (Å²) in [6, 6.07) is 24.5. The predicted molar refractivity (Wildman–Crippen MR) is 174 cm³/mol. The van der Waals surface area contributed by atoms with Crippen LogP contribution >= 0.6 is 0 Å². The molecule has 7 N–H and O–H groups in total. The monoisotopic (exact) mass is 627 g/mol. The summed E-state index contributed by atoms with van der Waals surface area (Å²) in [5.74, 6) is 0.0159. The van der Waals surface area contributed by atoms with E-state index in [1.807, 2.05) is 31.2 Å². The second-order valence-electron chi connectivity index (χ2n) is 11.2. The van der Waals surface area contributed by atoms with E-state index < -0.39 is 6.10 Å². The molecule has 0 heterocycles. The number of carbonyl (C=O) groups is 2. The van der Waals surface area contributed by atoms with Crippen molar-refractivity contribution in [1.29, 1.82) is 0 Å². The van der Waals surface area contributed by atoms with Crippen molar-refractivity contribution in [2.75, 3.05) is 13.7 Å². The summed E-state index contributed by atoms with van der Waals surface area (Å²) in [5, 5.41) is 48.5. The molecule has 0 unspecified atom stereocenters. The van der Waals surface area contributed by atoms with Gasteiger partial charge in [0, 0.05) is 36.8 Å². The molecule has 4 rings (SSSR count). The number of aromatic hydroxyl groups is 2. The van der Waals surface area contributed by atoms with Crippen molar-refractivity contribution in [2.45, 2.75) is 51.6 Å². The van der Waals surface area contributed by atoms with E-state index in [1.54, 1.807) is 48.5 Å². The van der Waals surface area contributed by atoms with E-state index in [1.165, 1.54) is 19.2 Å². The van der Waals surface area contributed by atoms with Gasteiger partial charge in [-0.25, -0.2) is 0 Å². The number of amides is 2. The smallest absolute Gasteiger partial charge is 0.251 e. The zero-order valence-corrected chi connectivity index (χ0v) is 26.0. The molecule has 46 heavy (non-hydrogen) atoms. The molecule has 0 radical (unpaired) electrons. The van der Waals surface area contributed by atoms with Crippen LogP contribution in [0.4, 0.5) is 0 Å². The molecule has 0 aliphatic rings. The molecule has 4 aromatic carbocycles. The second-order valence-corrected chi connectivity index (χ2v) is 11.2. The fourth-order valence-electron chi connectivity index (χ4n) is 5.00. The summed E-state index contributed by atoms with van der Waals surface area (Å²) < 4.78 is 5.10. The molecule has 0 fully saturated rings. The van der Waals surface area contributed by atoms with Gasteiger partial charge >= 0.3 is 0 Å². The van der Waals surface area contributed by atoms with Gasteiger partial charge in [-0.2, -0.15) is 0 Å². The van der Waals surface area contributed by atoms with Crippen LogP contribution in [-0.2, 0) is 37.3 Å². The first-order valence-corrected chi connectivity index (χ1v) is 15.1. The van der Waals surface area contributed by atoms with Gasteiger partial charge in [-0.3, -0.25) is 9.59 Å². The molecule has 0 aromatic heterocycles. The van der Waals surface area contributed by atoms with Crippen molar-refractivity contribution in [1.82, 2.24) is 16.0 Å². The minimum atomic E-state index is -0.793. The number of rotatable bonds is 15. The number of aliphatic hydroxyl groups is 2. The number of phenols is 2. The van der Waals surface area contributed by atoms with E-state index in [9.17, 15) is 30.0 Å². The molecule has 10 heteroatoms. The number of hydrogen-bond donors (Lipinski definition) is 7. The first-order chi connectivity index (χ1) is 22.1. The molecule has 0 saturated carbocycles. The summed E-state index contributed by atoms with van der Waals surface area (Å²) in [5.41, 5.74) is 5.08. The fraction of sp³-hybridized carbons (Fsp3) is 0.278. The normalized spacial score (nSPS) is 12.3. The van der Waals surface area contributed by atoms with Crippen LogP contribution in [0.2, 0.25) is 0 Å². The Morgan fingerprint density at radius 2 is 1.50 bits per heavy atom. The second kappa shape index (κ2) is 16.4. The molecule has 0 spiro atoms. The van der Waals surface area contributed by atoms with Crippen LogP contribution < -0.4 is 20.7 Å². The van der Waals surface area contributed by atoms with E-state index in [0.717, 1.165) is 22.3 Å². The highest BCUT2D eigenvalue weighted by atomic mass is 16.5. The van der Waals surface area contributed by atoms with Crippen LogP contribution in [0.15, 0.2) is 84.9 Å². The van der Waals surface area contributed by atoms with Gasteiger partial charge in [-0.15, -0.1) is 0 Å². The van der Waals surface area contributed by atoms with Crippen molar-refractivity contribution >= 4 is 11.8 Å². The Bertz CT molecular complexity index is 1620. The van der Waals surface area contributed by atoms with Crippen LogP contribution in [0.1, 0.15) is 56.8 Å². The minimum absolute atomic E-state index is 0.00458. The Labute approximate surface area is 268 Å². The molecule has 4 aromatic rings. The average molecular weight is 628 g/mol. The summed E-state index contributed by atoms with van der Waals surface area (Å²) in [6.45, 7) is 2.63. The molecule has 0 bridgehead atoms. The standard InChI is InChI=1S/C36H41N3O7/c1-23(37-21-33(43)29-11-13-31(41)30(18-29)22-40)14-25-4-3-5-26(15-25)17-35(44)38-19-24-6-9-28(10-7-24)36(45)39-20-27-8-12-32(42)34(16-27)46-2/h3-13,15-16,18,23,33,37,40-43H,14,17,19-22H2,1-2H3,(H,38,44)(H,39,45)/t23-,33-/m1/s1. The summed E-state index contributed by atoms with van der Waals surface area (Å²) in [6.07, 6.45) is 0.131. The van der Waals surface area contributed by atoms with Crippen molar-refractivity contribution in [3.8, 4) is 17.2 Å². The number of benzene rings is 4. The number of aliphatic hydroxyl groups excluding tert-OH is 2. The maximum Gasteiger partial charge on any atom is 0.251 e. The van der Waals surface area contributed by atoms with Gasteiger partial charge in [0.1, 0.15) is 5.75 Å². The highest BCUT2D eigenvalue weighted by Gasteiger charge is 2.13. The topological polar surface area (TPSA) is 160 Å². The van der Waals surface area contributed by atoms with Crippen LogP contribution in [-0.4, -0.2) is 51.9 Å². The fourth-order valence-corrected chi connectivity index (χ4v) is 5.00. The van der Waals surface area contributed by atoms with E-state index in [0.29, 0.717) is 42.0 Å². The first kappa shape index (κ1) is 34.0. The van der Waals surface area contributed by atoms with Crippen molar-refractivity contribution in [2.24, 2.45) is 0 Å². The number of methoxy groups -OCH3 is 1. The van der Waals surface area contributed by atoms with Gasteiger partial charge in [-0.05, 0) is 77.6 Å². The van der Waals surface area contributed by atoms with Crippen molar-refractivity contribution in [3.05, 3.63) is 124 Å². The Morgan fingerprint density at radius 1 is 0.804 bits per heavy atom. The zero-order valence-electron chi connectivity index (χ0n) is 26.0. The van der Waals surface area contributed by atoms with E-state index in [4.69, 9.17) is 4.74 Å². The summed E-state index contributed by atoms with van der Waals surface area (Å²) in [7, 11) is 1.47. The Hall–Kier alpha value is -4.90. The third kappa shape index (κ3) is 9.80. The number of nitrogens with one attached hydrogen (secondary N) is 3. The maximum atomic E-state index is 12.7. The van der Waals surface area contributed by atoms with Gasteiger partial charge < -0.3 is 41.1 Å². The Morgan fingerprint density at radius 3 is 2.24 bits per heavy atom. The molecule has 10 nitrogen and oxygen atoms in total. The Kier molecular flexibility index (Phi) is 12.1. The number of carbonyl (C=O) groups excluding carboxylic acids is 2.